The zero-order valence-electron chi connectivity index (χ0n) is 12.3. The summed E-state index contributed by atoms with van der Waals surface area (Å²) in [5, 5.41) is 4.95. The minimum atomic E-state index is 0.0964. The molecule has 4 heteroatoms. The van der Waals surface area contributed by atoms with E-state index in [-0.39, 0.29) is 5.91 Å². The molecule has 2 rings (SSSR count). The number of hydrogen-bond acceptors (Lipinski definition) is 3. The van der Waals surface area contributed by atoms with E-state index in [0.29, 0.717) is 19.6 Å². The van der Waals surface area contributed by atoms with Gasteiger partial charge in [-0.15, -0.1) is 11.3 Å². The Bertz CT molecular complexity index is 534. The first-order valence-corrected chi connectivity index (χ1v) is 8.10. The van der Waals surface area contributed by atoms with Crippen LogP contribution in [0.4, 0.5) is 0 Å². The summed E-state index contributed by atoms with van der Waals surface area (Å²) in [5.74, 6) is 0.937. The highest BCUT2D eigenvalue weighted by Gasteiger charge is 2.02. The van der Waals surface area contributed by atoms with Crippen LogP contribution < -0.4 is 10.1 Å². The molecule has 0 aliphatic heterocycles. The normalized spacial score (nSPS) is 10.3. The van der Waals surface area contributed by atoms with Crippen molar-refractivity contribution in [3.63, 3.8) is 0 Å². The summed E-state index contributed by atoms with van der Waals surface area (Å²) in [6.45, 7) is 3.09. The van der Waals surface area contributed by atoms with Gasteiger partial charge >= 0.3 is 0 Å². The van der Waals surface area contributed by atoms with Crippen molar-refractivity contribution in [3.8, 4) is 5.75 Å². The minimum Gasteiger partial charge on any atom is -0.492 e. The lowest BCUT2D eigenvalue weighted by Gasteiger charge is -2.08. The molecule has 0 atom stereocenters. The lowest BCUT2D eigenvalue weighted by molar-refractivity contribution is -0.121. The number of aryl methyl sites for hydroxylation is 2. The number of amides is 1. The molecular weight excluding hydrogens is 282 g/mol. The van der Waals surface area contributed by atoms with Crippen LogP contribution in [0.1, 0.15) is 23.3 Å². The molecule has 1 aromatic carbocycles. The summed E-state index contributed by atoms with van der Waals surface area (Å²) in [4.78, 5) is 13.0. The summed E-state index contributed by atoms with van der Waals surface area (Å²) in [7, 11) is 0. The molecule has 0 unspecified atom stereocenters. The molecule has 1 amide bonds. The van der Waals surface area contributed by atoms with E-state index in [9.17, 15) is 4.79 Å². The van der Waals surface area contributed by atoms with Crippen LogP contribution in [0.2, 0.25) is 0 Å². The van der Waals surface area contributed by atoms with E-state index >= 15 is 0 Å². The quantitative estimate of drug-likeness (QED) is 0.757. The van der Waals surface area contributed by atoms with Crippen LogP contribution in [0.5, 0.6) is 5.75 Å². The molecule has 0 aliphatic rings. The van der Waals surface area contributed by atoms with Crippen molar-refractivity contribution in [2.45, 2.75) is 26.2 Å². The summed E-state index contributed by atoms with van der Waals surface area (Å²) in [5.41, 5.74) is 1.21. The van der Waals surface area contributed by atoms with Gasteiger partial charge in [0.25, 0.3) is 0 Å². The van der Waals surface area contributed by atoms with Crippen molar-refractivity contribution in [1.29, 1.82) is 0 Å². The highest BCUT2D eigenvalue weighted by molar-refractivity contribution is 7.09. The Kier molecular flexibility index (Phi) is 6.28. The second kappa shape index (κ2) is 8.47. The third kappa shape index (κ3) is 6.00. The van der Waals surface area contributed by atoms with Crippen molar-refractivity contribution in [1.82, 2.24) is 5.32 Å². The lowest BCUT2D eigenvalue weighted by Crippen LogP contribution is -2.27. The Morgan fingerprint density at radius 1 is 1.24 bits per heavy atom. The monoisotopic (exact) mass is 303 g/mol. The van der Waals surface area contributed by atoms with Crippen LogP contribution in [0.25, 0.3) is 0 Å². The van der Waals surface area contributed by atoms with Gasteiger partial charge in [-0.3, -0.25) is 4.79 Å². The molecule has 112 valence electrons. The first-order valence-electron chi connectivity index (χ1n) is 7.22. The Morgan fingerprint density at radius 3 is 2.76 bits per heavy atom. The zero-order chi connectivity index (χ0) is 14.9. The highest BCUT2D eigenvalue weighted by atomic mass is 32.1. The third-order valence-electron chi connectivity index (χ3n) is 3.12. The van der Waals surface area contributed by atoms with Crippen molar-refractivity contribution in [2.75, 3.05) is 13.2 Å². The number of ether oxygens (including phenoxy) is 1. The van der Waals surface area contributed by atoms with Gasteiger partial charge in [0, 0.05) is 11.3 Å². The van der Waals surface area contributed by atoms with Gasteiger partial charge in [0.05, 0.1) is 6.54 Å². The Morgan fingerprint density at radius 2 is 2.05 bits per heavy atom. The Labute approximate surface area is 130 Å². The molecule has 2 aromatic rings. The summed E-state index contributed by atoms with van der Waals surface area (Å²) < 4.78 is 5.56. The molecular formula is C17H21NO2S. The molecule has 3 nitrogen and oxygen atoms in total. The first kappa shape index (κ1) is 15.6. The number of benzene rings is 1. The fraction of sp³-hybridized carbons (Fsp3) is 0.353. The second-order valence-electron chi connectivity index (χ2n) is 4.94. The molecule has 1 heterocycles. The summed E-state index contributed by atoms with van der Waals surface area (Å²) in [6, 6.07) is 12.1. The standard InChI is InChI=1S/C17H21NO2S/c1-14-7-9-15(10-8-14)20-12-11-18-17(19)6-2-4-16-5-3-13-21-16/h3,5,7-10,13H,2,4,6,11-12H2,1H3,(H,18,19). The average molecular weight is 303 g/mol. The largest absolute Gasteiger partial charge is 0.492 e. The predicted molar refractivity (Wildman–Crippen MR) is 86.9 cm³/mol. The zero-order valence-corrected chi connectivity index (χ0v) is 13.1. The molecule has 0 aliphatic carbocycles. The summed E-state index contributed by atoms with van der Waals surface area (Å²) >= 11 is 1.74. The van der Waals surface area contributed by atoms with Crippen molar-refractivity contribution >= 4 is 17.2 Å². The van der Waals surface area contributed by atoms with Crippen LogP contribution >= 0.6 is 11.3 Å². The Balaban J connectivity index is 1.53. The molecule has 21 heavy (non-hydrogen) atoms. The van der Waals surface area contributed by atoms with Gasteiger partial charge in [0.15, 0.2) is 0 Å². The van der Waals surface area contributed by atoms with Crippen LogP contribution in [-0.2, 0) is 11.2 Å². The minimum absolute atomic E-state index is 0.0964. The molecule has 1 aromatic heterocycles. The van der Waals surface area contributed by atoms with Crippen molar-refractivity contribution in [2.24, 2.45) is 0 Å². The number of thiophene rings is 1. The van der Waals surface area contributed by atoms with E-state index in [4.69, 9.17) is 4.74 Å². The number of rotatable bonds is 8. The van der Waals surface area contributed by atoms with E-state index in [1.54, 1.807) is 11.3 Å². The van der Waals surface area contributed by atoms with Crippen LogP contribution in [-0.4, -0.2) is 19.1 Å². The predicted octanol–water partition coefficient (Wildman–Crippen LogP) is 3.57. The fourth-order valence-electron chi connectivity index (χ4n) is 1.96. The molecule has 0 radical (unpaired) electrons. The maximum Gasteiger partial charge on any atom is 0.220 e. The van der Waals surface area contributed by atoms with E-state index in [0.717, 1.165) is 18.6 Å². The maximum absolute atomic E-state index is 11.7. The molecule has 0 saturated carbocycles. The number of nitrogens with one attached hydrogen (secondary N) is 1. The number of carbonyl (C=O) groups is 1. The average Bonchev–Trinajstić information content (AvgIpc) is 2.99. The van der Waals surface area contributed by atoms with Gasteiger partial charge in [-0.05, 0) is 43.3 Å². The smallest absolute Gasteiger partial charge is 0.220 e. The van der Waals surface area contributed by atoms with Crippen LogP contribution in [0.3, 0.4) is 0 Å². The molecule has 0 fully saturated rings. The maximum atomic E-state index is 11.7. The SMILES string of the molecule is Cc1ccc(OCCNC(=O)CCCc2cccs2)cc1. The van der Waals surface area contributed by atoms with Crippen molar-refractivity contribution < 1.29 is 9.53 Å². The van der Waals surface area contributed by atoms with E-state index in [1.165, 1.54) is 10.4 Å². The third-order valence-corrected chi connectivity index (χ3v) is 4.06. The Hall–Kier alpha value is -1.81. The molecule has 0 spiro atoms. The van der Waals surface area contributed by atoms with E-state index < -0.39 is 0 Å². The van der Waals surface area contributed by atoms with Gasteiger partial charge in [0.2, 0.25) is 5.91 Å². The fourth-order valence-corrected chi connectivity index (χ4v) is 2.71. The number of hydrogen-bond donors (Lipinski definition) is 1. The molecule has 1 N–H and O–H groups in total. The van der Waals surface area contributed by atoms with Crippen LogP contribution in [0, 0.1) is 6.92 Å². The van der Waals surface area contributed by atoms with Crippen LogP contribution in [0.15, 0.2) is 41.8 Å². The number of carbonyl (C=O) groups excluding carboxylic acids is 1. The van der Waals surface area contributed by atoms with Gasteiger partial charge in [0.1, 0.15) is 12.4 Å². The van der Waals surface area contributed by atoms with Gasteiger partial charge < -0.3 is 10.1 Å². The van der Waals surface area contributed by atoms with Gasteiger partial charge in [-0.1, -0.05) is 23.8 Å². The second-order valence-corrected chi connectivity index (χ2v) is 5.98. The molecule has 0 bridgehead atoms. The van der Waals surface area contributed by atoms with E-state index in [1.807, 2.05) is 37.3 Å². The first-order chi connectivity index (χ1) is 10.2. The highest BCUT2D eigenvalue weighted by Crippen LogP contribution is 2.12. The summed E-state index contributed by atoms with van der Waals surface area (Å²) in [6.07, 6.45) is 2.44. The van der Waals surface area contributed by atoms with Crippen molar-refractivity contribution in [3.05, 3.63) is 52.2 Å². The topological polar surface area (TPSA) is 38.3 Å². The molecule has 0 saturated heterocycles. The van der Waals surface area contributed by atoms with Gasteiger partial charge in [-0.25, -0.2) is 0 Å². The lowest BCUT2D eigenvalue weighted by atomic mass is 10.2. The van der Waals surface area contributed by atoms with Gasteiger partial charge in [-0.2, -0.15) is 0 Å². The van der Waals surface area contributed by atoms with E-state index in [2.05, 4.69) is 16.8 Å².